The Morgan fingerprint density at radius 2 is 2.04 bits per heavy atom. The molecule has 0 saturated heterocycles. The fourth-order valence-corrected chi connectivity index (χ4v) is 4.63. The maximum atomic E-state index is 12.3. The Labute approximate surface area is 165 Å². The van der Waals surface area contributed by atoms with Gasteiger partial charge in [0.1, 0.15) is 5.75 Å². The van der Waals surface area contributed by atoms with E-state index in [0.717, 1.165) is 32.2 Å². The van der Waals surface area contributed by atoms with Crippen molar-refractivity contribution in [2.24, 2.45) is 4.99 Å². The van der Waals surface area contributed by atoms with Gasteiger partial charge in [-0.3, -0.25) is 4.79 Å². The average molecular weight is 407 g/mol. The summed E-state index contributed by atoms with van der Waals surface area (Å²) in [7, 11) is 1.65. The van der Waals surface area contributed by atoms with Crippen molar-refractivity contribution in [1.29, 1.82) is 0 Å². The van der Waals surface area contributed by atoms with Crippen molar-refractivity contribution in [2.45, 2.75) is 24.8 Å². The predicted octanol–water partition coefficient (Wildman–Crippen LogP) is 4.99. The number of benzene rings is 2. The highest BCUT2D eigenvalue weighted by atomic mass is 35.5. The summed E-state index contributed by atoms with van der Waals surface area (Å²) in [5, 5.41) is 0.714. The van der Waals surface area contributed by atoms with Crippen LogP contribution in [-0.4, -0.2) is 23.3 Å². The quantitative estimate of drug-likeness (QED) is 0.541. The van der Waals surface area contributed by atoms with Gasteiger partial charge < -0.3 is 9.30 Å². The Balaban J connectivity index is 1.73. The second kappa shape index (κ2) is 8.75. The minimum absolute atomic E-state index is 0.104. The zero-order valence-electron chi connectivity index (χ0n) is 14.6. The Hall–Kier alpha value is -1.76. The van der Waals surface area contributed by atoms with Crippen LogP contribution in [0.15, 0.2) is 52.4 Å². The van der Waals surface area contributed by atoms with Crippen LogP contribution in [-0.2, 0) is 11.3 Å². The van der Waals surface area contributed by atoms with Crippen molar-refractivity contribution < 1.29 is 9.53 Å². The van der Waals surface area contributed by atoms with Crippen LogP contribution in [0.4, 0.5) is 0 Å². The maximum absolute atomic E-state index is 12.3. The number of hydrogen-bond acceptors (Lipinski definition) is 4. The number of amides is 1. The molecule has 1 aromatic heterocycles. The summed E-state index contributed by atoms with van der Waals surface area (Å²) in [6.45, 7) is 2.81. The first kappa shape index (κ1) is 19.0. The molecule has 0 bridgehead atoms. The number of carbonyl (C=O) groups excluding carboxylic acids is 1. The van der Waals surface area contributed by atoms with Crippen LogP contribution >= 0.6 is 34.7 Å². The van der Waals surface area contributed by atoms with E-state index in [1.807, 2.05) is 42.5 Å². The maximum Gasteiger partial charge on any atom is 0.249 e. The van der Waals surface area contributed by atoms with Gasteiger partial charge in [-0.25, -0.2) is 0 Å². The molecule has 0 aliphatic rings. The van der Waals surface area contributed by atoms with Crippen molar-refractivity contribution in [2.75, 3.05) is 12.9 Å². The highest BCUT2D eigenvalue weighted by molar-refractivity contribution is 7.99. The minimum Gasteiger partial charge on any atom is -0.497 e. The average Bonchev–Trinajstić information content (AvgIpc) is 2.99. The molecule has 0 aliphatic carbocycles. The number of aromatic nitrogens is 1. The molecule has 0 unspecified atom stereocenters. The fraction of sp³-hybridized carbons (Fsp3) is 0.263. The molecule has 0 fully saturated rings. The molecular formula is C19H19ClN2O2S2. The number of rotatable bonds is 6. The number of hydrogen-bond donors (Lipinski definition) is 0. The topological polar surface area (TPSA) is 43.6 Å². The number of aryl methyl sites for hydroxylation is 1. The number of thiazole rings is 1. The lowest BCUT2D eigenvalue weighted by Crippen LogP contribution is -2.15. The smallest absolute Gasteiger partial charge is 0.249 e. The van der Waals surface area contributed by atoms with E-state index in [4.69, 9.17) is 16.3 Å². The zero-order chi connectivity index (χ0) is 18.5. The number of nitrogens with zero attached hydrogens (tertiary/aromatic N) is 2. The van der Waals surface area contributed by atoms with Crippen molar-refractivity contribution in [1.82, 2.24) is 4.57 Å². The number of carbonyl (C=O) groups is 1. The Kier molecular flexibility index (Phi) is 6.40. The molecule has 1 heterocycles. The summed E-state index contributed by atoms with van der Waals surface area (Å²) >= 11 is 9.02. The van der Waals surface area contributed by atoms with E-state index >= 15 is 0 Å². The molecule has 3 rings (SSSR count). The molecule has 1 amide bonds. The Morgan fingerprint density at radius 1 is 1.27 bits per heavy atom. The summed E-state index contributed by atoms with van der Waals surface area (Å²) in [6.07, 6.45) is 0.397. The predicted molar refractivity (Wildman–Crippen MR) is 109 cm³/mol. The molecule has 0 atom stereocenters. The van der Waals surface area contributed by atoms with Crippen molar-refractivity contribution in [3.05, 3.63) is 52.3 Å². The van der Waals surface area contributed by atoms with Crippen molar-refractivity contribution >= 4 is 50.8 Å². The molecule has 7 heteroatoms. The van der Waals surface area contributed by atoms with Crippen molar-refractivity contribution in [3.63, 3.8) is 0 Å². The van der Waals surface area contributed by atoms with E-state index in [1.165, 1.54) is 11.3 Å². The second-order valence-corrected chi connectivity index (χ2v) is 8.13. The first-order valence-corrected chi connectivity index (χ1v) is 10.4. The van der Waals surface area contributed by atoms with Crippen LogP contribution in [0.1, 0.15) is 13.3 Å². The molecule has 2 aromatic carbocycles. The van der Waals surface area contributed by atoms with E-state index in [0.29, 0.717) is 17.2 Å². The van der Waals surface area contributed by atoms with E-state index in [1.54, 1.807) is 18.9 Å². The second-order valence-electron chi connectivity index (χ2n) is 5.52. The van der Waals surface area contributed by atoms with E-state index in [9.17, 15) is 4.79 Å². The monoisotopic (exact) mass is 406 g/mol. The molecule has 0 aliphatic heterocycles. The third-order valence-corrected chi connectivity index (χ3v) is 6.13. The third kappa shape index (κ3) is 4.50. The number of ether oxygens (including phenoxy) is 1. The highest BCUT2D eigenvalue weighted by Crippen LogP contribution is 2.23. The molecule has 26 heavy (non-hydrogen) atoms. The highest BCUT2D eigenvalue weighted by Gasteiger charge is 2.08. The molecule has 4 nitrogen and oxygen atoms in total. The van der Waals surface area contributed by atoms with Crippen LogP contribution in [0.2, 0.25) is 5.02 Å². The van der Waals surface area contributed by atoms with Gasteiger partial charge in [0.15, 0.2) is 4.80 Å². The van der Waals surface area contributed by atoms with Gasteiger partial charge in [-0.15, -0.1) is 11.8 Å². The van der Waals surface area contributed by atoms with Gasteiger partial charge in [0.2, 0.25) is 5.91 Å². The van der Waals surface area contributed by atoms with Gasteiger partial charge in [-0.1, -0.05) is 22.9 Å². The zero-order valence-corrected chi connectivity index (χ0v) is 17.0. The Morgan fingerprint density at radius 3 is 2.73 bits per heavy atom. The fourth-order valence-electron chi connectivity index (χ4n) is 2.52. The number of halogens is 1. The van der Waals surface area contributed by atoms with Gasteiger partial charge in [0, 0.05) is 28.6 Å². The lowest BCUT2D eigenvalue weighted by atomic mass is 10.3. The number of thioether (sulfide) groups is 1. The normalized spacial score (nSPS) is 11.9. The Bertz CT molecular complexity index is 977. The minimum atomic E-state index is -0.104. The third-order valence-electron chi connectivity index (χ3n) is 3.82. The van der Waals surface area contributed by atoms with E-state index in [-0.39, 0.29) is 5.91 Å². The van der Waals surface area contributed by atoms with Crippen LogP contribution in [0.5, 0.6) is 5.75 Å². The molecule has 0 spiro atoms. The summed E-state index contributed by atoms with van der Waals surface area (Å²) in [6, 6.07) is 13.5. The summed E-state index contributed by atoms with van der Waals surface area (Å²) in [4.78, 5) is 18.5. The molecule has 136 valence electrons. The van der Waals surface area contributed by atoms with Gasteiger partial charge in [-0.05, 0) is 49.4 Å². The van der Waals surface area contributed by atoms with Gasteiger partial charge in [-0.2, -0.15) is 4.99 Å². The summed E-state index contributed by atoms with van der Waals surface area (Å²) in [5.41, 5.74) is 1.07. The molecule has 0 radical (unpaired) electrons. The molecule has 0 saturated carbocycles. The van der Waals surface area contributed by atoms with Crippen LogP contribution < -0.4 is 9.54 Å². The molecule has 0 N–H and O–H groups in total. The lowest BCUT2D eigenvalue weighted by Gasteiger charge is -2.02. The number of methoxy groups -OCH3 is 1. The number of fused-ring (bicyclic) bond motifs is 1. The van der Waals surface area contributed by atoms with Gasteiger partial charge in [0.05, 0.1) is 17.3 Å². The SMILES string of the molecule is CCn1c(=NC(=O)CCSc2ccc(Cl)cc2)sc2cc(OC)ccc21. The van der Waals surface area contributed by atoms with Crippen molar-refractivity contribution in [3.8, 4) is 5.75 Å². The first-order valence-electron chi connectivity index (χ1n) is 8.24. The largest absolute Gasteiger partial charge is 0.497 e. The van der Waals surface area contributed by atoms with Gasteiger partial charge >= 0.3 is 0 Å². The van der Waals surface area contributed by atoms with Gasteiger partial charge in [0.25, 0.3) is 0 Å². The molecule has 3 aromatic rings. The van der Waals surface area contributed by atoms with Crippen LogP contribution in [0, 0.1) is 0 Å². The summed E-state index contributed by atoms with van der Waals surface area (Å²) < 4.78 is 8.40. The van der Waals surface area contributed by atoms with Crippen LogP contribution in [0.3, 0.4) is 0 Å². The van der Waals surface area contributed by atoms with E-state index < -0.39 is 0 Å². The first-order chi connectivity index (χ1) is 12.6. The summed E-state index contributed by atoms with van der Waals surface area (Å²) in [5.74, 6) is 1.39. The van der Waals surface area contributed by atoms with Crippen LogP contribution in [0.25, 0.3) is 10.2 Å². The standard InChI is InChI=1S/C19H19ClN2O2S2/c1-3-22-16-9-6-14(24-2)12-17(16)26-19(22)21-18(23)10-11-25-15-7-4-13(20)5-8-15/h4-9,12H,3,10-11H2,1-2H3. The van der Waals surface area contributed by atoms with E-state index in [2.05, 4.69) is 16.5 Å². The molecular weight excluding hydrogens is 388 g/mol. The lowest BCUT2D eigenvalue weighted by molar-refractivity contribution is -0.117.